The molecule has 0 aliphatic carbocycles. The highest BCUT2D eigenvalue weighted by molar-refractivity contribution is 6.19. The van der Waals surface area contributed by atoms with Crippen LogP contribution in [0, 0.1) is 0 Å². The number of halogens is 1. The van der Waals surface area contributed by atoms with Gasteiger partial charge in [0.05, 0.1) is 0 Å². The molecule has 2 atom stereocenters. The molecule has 1 aromatic rings. The maximum Gasteiger partial charge on any atom is 0.411 e. The molecule has 1 aliphatic heterocycles. The second-order valence-electron chi connectivity index (χ2n) is 7.95. The monoisotopic (exact) mass is 396 g/mol. The second kappa shape index (κ2) is 8.48. The summed E-state index contributed by atoms with van der Waals surface area (Å²) >= 11 is 5.75. The average molecular weight is 397 g/mol. The van der Waals surface area contributed by atoms with Gasteiger partial charge < -0.3 is 20.1 Å². The average Bonchev–Trinajstić information content (AvgIpc) is 2.60. The lowest BCUT2D eigenvalue weighted by molar-refractivity contribution is -0.159. The highest BCUT2D eigenvalue weighted by Gasteiger charge is 2.46. The molecule has 27 heavy (non-hydrogen) atoms. The first-order valence-corrected chi connectivity index (χ1v) is 9.62. The number of hydrogen-bond donors (Lipinski definition) is 1. The van der Waals surface area contributed by atoms with E-state index in [-0.39, 0.29) is 0 Å². The molecule has 2 N–H and O–H groups in total. The molecule has 1 amide bonds. The summed E-state index contributed by atoms with van der Waals surface area (Å²) in [5, 5.41) is 0. The quantitative estimate of drug-likeness (QED) is 0.623. The van der Waals surface area contributed by atoms with Gasteiger partial charge in [0.1, 0.15) is 11.6 Å². The second-order valence-corrected chi connectivity index (χ2v) is 8.56. The van der Waals surface area contributed by atoms with E-state index < -0.39 is 34.7 Å². The van der Waals surface area contributed by atoms with Crippen molar-refractivity contribution >= 4 is 23.7 Å². The lowest BCUT2D eigenvalue weighted by atomic mass is 9.67. The number of ether oxygens (including phenoxy) is 2. The molecule has 1 saturated heterocycles. The standard InChI is InChI=1S/C20H29ClN2O4/c1-14(21)26-18(25)23-12-10-20(11-13-23,15-8-6-5-7-9-15)16(22)17(24)27-19(2,3)4/h5-9,14,16H,10-13,22H2,1-4H3. The van der Waals surface area contributed by atoms with Gasteiger partial charge in [-0.25, -0.2) is 4.79 Å². The lowest BCUT2D eigenvalue weighted by Gasteiger charge is -2.44. The number of carbonyl (C=O) groups excluding carboxylic acids is 2. The first-order chi connectivity index (χ1) is 12.5. The fourth-order valence-corrected chi connectivity index (χ4v) is 3.52. The predicted molar refractivity (Wildman–Crippen MR) is 105 cm³/mol. The Balaban J connectivity index is 2.24. The van der Waals surface area contributed by atoms with E-state index in [0.29, 0.717) is 25.9 Å². The zero-order chi connectivity index (χ0) is 20.2. The number of esters is 1. The molecule has 0 aromatic heterocycles. The van der Waals surface area contributed by atoms with Crippen LogP contribution in [0.4, 0.5) is 4.79 Å². The van der Waals surface area contributed by atoms with Crippen LogP contribution in [0.25, 0.3) is 0 Å². The normalized spacial score (nSPS) is 19.1. The minimum absolute atomic E-state index is 0.424. The van der Waals surface area contributed by atoms with Crippen LogP contribution in [0.2, 0.25) is 0 Å². The molecule has 150 valence electrons. The number of alkyl halides is 1. The zero-order valence-corrected chi connectivity index (χ0v) is 17.2. The van der Waals surface area contributed by atoms with Gasteiger partial charge in [-0.2, -0.15) is 0 Å². The maximum atomic E-state index is 12.7. The van der Waals surface area contributed by atoms with Crippen LogP contribution in [0.1, 0.15) is 46.1 Å². The van der Waals surface area contributed by atoms with E-state index in [2.05, 4.69) is 0 Å². The Labute approximate surface area is 165 Å². The Morgan fingerprint density at radius 3 is 2.22 bits per heavy atom. The summed E-state index contributed by atoms with van der Waals surface area (Å²) in [5.74, 6) is -0.434. The Bertz CT molecular complexity index is 650. The van der Waals surface area contributed by atoms with Crippen LogP contribution in [0.3, 0.4) is 0 Å². The van der Waals surface area contributed by atoms with Crippen molar-refractivity contribution in [1.29, 1.82) is 0 Å². The topological polar surface area (TPSA) is 81.9 Å². The maximum absolute atomic E-state index is 12.7. The molecule has 0 saturated carbocycles. The predicted octanol–water partition coefficient (Wildman–Crippen LogP) is 3.41. The Kier molecular flexibility index (Phi) is 6.76. The summed E-state index contributed by atoms with van der Waals surface area (Å²) < 4.78 is 10.6. The number of nitrogens with two attached hydrogens (primary N) is 1. The minimum atomic E-state index is -0.829. The van der Waals surface area contributed by atoms with Gasteiger partial charge in [0.2, 0.25) is 0 Å². The van der Waals surface area contributed by atoms with Crippen molar-refractivity contribution in [2.75, 3.05) is 13.1 Å². The molecule has 7 heteroatoms. The summed E-state index contributed by atoms with van der Waals surface area (Å²) in [6, 6.07) is 8.88. The third kappa shape index (κ3) is 5.36. The number of amides is 1. The van der Waals surface area contributed by atoms with E-state index in [1.807, 2.05) is 51.1 Å². The number of piperidine rings is 1. The van der Waals surface area contributed by atoms with Crippen molar-refractivity contribution in [3.8, 4) is 0 Å². The minimum Gasteiger partial charge on any atom is -0.459 e. The largest absolute Gasteiger partial charge is 0.459 e. The fourth-order valence-electron chi connectivity index (χ4n) is 3.44. The molecule has 0 spiro atoms. The van der Waals surface area contributed by atoms with Crippen LogP contribution < -0.4 is 5.73 Å². The molecular weight excluding hydrogens is 368 g/mol. The summed E-state index contributed by atoms with van der Waals surface area (Å²) in [5.41, 5.74) is 5.50. The molecule has 1 fully saturated rings. The van der Waals surface area contributed by atoms with Crippen LogP contribution in [-0.4, -0.2) is 47.3 Å². The lowest BCUT2D eigenvalue weighted by Crippen LogP contribution is -2.57. The van der Waals surface area contributed by atoms with Crippen molar-refractivity contribution in [3.05, 3.63) is 35.9 Å². The van der Waals surface area contributed by atoms with Crippen LogP contribution in [0.5, 0.6) is 0 Å². The molecular formula is C20H29ClN2O4. The number of benzene rings is 1. The molecule has 1 heterocycles. The van der Waals surface area contributed by atoms with Gasteiger partial charge in [-0.05, 0) is 46.1 Å². The van der Waals surface area contributed by atoms with E-state index in [1.165, 1.54) is 0 Å². The summed E-state index contributed by atoms with van der Waals surface area (Å²) in [6.45, 7) is 7.90. The van der Waals surface area contributed by atoms with Crippen molar-refractivity contribution < 1.29 is 19.1 Å². The summed E-state index contributed by atoms with van der Waals surface area (Å²) in [4.78, 5) is 26.5. The Morgan fingerprint density at radius 2 is 1.74 bits per heavy atom. The number of likely N-dealkylation sites (tertiary alicyclic amines) is 1. The van der Waals surface area contributed by atoms with E-state index in [9.17, 15) is 9.59 Å². The Morgan fingerprint density at radius 1 is 1.19 bits per heavy atom. The summed E-state index contributed by atoms with van der Waals surface area (Å²) in [6.07, 6.45) is 0.608. The number of hydrogen-bond acceptors (Lipinski definition) is 5. The number of carbonyl (C=O) groups is 2. The van der Waals surface area contributed by atoms with E-state index in [1.54, 1.807) is 11.8 Å². The third-order valence-electron chi connectivity index (χ3n) is 4.78. The van der Waals surface area contributed by atoms with Gasteiger partial charge in [0.25, 0.3) is 0 Å². The zero-order valence-electron chi connectivity index (χ0n) is 16.4. The van der Waals surface area contributed by atoms with E-state index in [0.717, 1.165) is 5.56 Å². The van der Waals surface area contributed by atoms with Gasteiger partial charge in [0.15, 0.2) is 5.56 Å². The van der Waals surface area contributed by atoms with Crippen LogP contribution in [0.15, 0.2) is 30.3 Å². The molecule has 0 bridgehead atoms. The molecule has 2 rings (SSSR count). The van der Waals surface area contributed by atoms with Crippen molar-refractivity contribution in [2.24, 2.45) is 5.73 Å². The van der Waals surface area contributed by atoms with Gasteiger partial charge in [0, 0.05) is 18.5 Å². The summed E-state index contributed by atoms with van der Waals surface area (Å²) in [7, 11) is 0. The van der Waals surface area contributed by atoms with Crippen molar-refractivity contribution in [2.45, 2.75) is 63.2 Å². The van der Waals surface area contributed by atoms with E-state index in [4.69, 9.17) is 26.8 Å². The molecule has 1 aliphatic rings. The number of nitrogens with zero attached hydrogens (tertiary/aromatic N) is 1. The SMILES string of the molecule is CC(Cl)OC(=O)N1CCC(c2ccccc2)(C(N)C(=O)OC(C)(C)C)CC1. The Hall–Kier alpha value is -1.79. The van der Waals surface area contributed by atoms with Crippen LogP contribution >= 0.6 is 11.6 Å². The number of rotatable bonds is 4. The smallest absolute Gasteiger partial charge is 0.411 e. The van der Waals surface area contributed by atoms with Crippen LogP contribution in [-0.2, 0) is 19.7 Å². The molecule has 6 nitrogen and oxygen atoms in total. The van der Waals surface area contributed by atoms with Crippen molar-refractivity contribution in [3.63, 3.8) is 0 Å². The van der Waals surface area contributed by atoms with E-state index >= 15 is 0 Å². The van der Waals surface area contributed by atoms with Crippen molar-refractivity contribution in [1.82, 2.24) is 4.90 Å². The highest BCUT2D eigenvalue weighted by atomic mass is 35.5. The first-order valence-electron chi connectivity index (χ1n) is 9.19. The van der Waals surface area contributed by atoms with Gasteiger partial charge >= 0.3 is 12.1 Å². The van der Waals surface area contributed by atoms with Gasteiger partial charge in [-0.3, -0.25) is 4.79 Å². The molecule has 0 radical (unpaired) electrons. The van der Waals surface area contributed by atoms with Gasteiger partial charge in [-0.1, -0.05) is 41.9 Å². The molecule has 1 aromatic carbocycles. The highest BCUT2D eigenvalue weighted by Crippen LogP contribution is 2.39. The fraction of sp³-hybridized carbons (Fsp3) is 0.600. The molecule has 2 unspecified atom stereocenters. The third-order valence-corrected chi connectivity index (χ3v) is 4.87. The first kappa shape index (κ1) is 21.5. The van der Waals surface area contributed by atoms with Gasteiger partial charge in [-0.15, -0.1) is 0 Å².